The lowest BCUT2D eigenvalue weighted by Crippen LogP contribution is -2.46. The SMILES string of the molecule is COC1=C(OC)C(=O)C(CCCCCCCCCCO)=C(C)C1=O.NC[C@H]1CC[C@H](C(=O)O)CC1.NS(=O)(=O)c1cc2c(cc1C(F)(F)F)NC(Cc1ccccc1)NS2(=O)=O. The summed E-state index contributed by atoms with van der Waals surface area (Å²) in [6.07, 6.45) is 7.01. The van der Waals surface area contributed by atoms with Crippen molar-refractivity contribution in [1.29, 1.82) is 0 Å². The summed E-state index contributed by atoms with van der Waals surface area (Å²) in [5.41, 5.74) is 5.37. The number of aliphatic hydroxyl groups is 1. The van der Waals surface area contributed by atoms with Gasteiger partial charge in [-0.2, -0.15) is 17.9 Å². The van der Waals surface area contributed by atoms with Crippen LogP contribution in [0.4, 0.5) is 18.9 Å². The minimum Gasteiger partial charge on any atom is -0.489 e. The summed E-state index contributed by atoms with van der Waals surface area (Å²) < 4.78 is 100. The standard InChI is InChI=1S/C19H30O5.C15H14F3N3O4S2.C8H15NO2/c1-14-15(12-10-8-6-4-5-7-9-11-13-20)17(22)19(24-3)18(23-2)16(14)21;16-15(17,18)10-7-11-13(8-12(10)26(19,22)23)27(24,25)21-14(20-11)6-9-4-2-1-3-5-9;9-5-6-1-3-7(4-2-6)8(10)11/h20H,4-13H2,1-3H3;1-5,7-8,14,20-21H,6H2,(H2,19,22,23);6-7H,1-5,9H2,(H,10,11)/t;;6-,7-. The number of unbranched alkanes of at least 4 members (excludes halogenated alkanes) is 7. The monoisotopic (exact) mass is 916 g/mol. The van der Waals surface area contributed by atoms with Crippen LogP contribution in [0.5, 0.6) is 0 Å². The third-order valence-corrected chi connectivity index (χ3v) is 13.3. The number of nitrogens with one attached hydrogen (secondary N) is 2. The zero-order valence-electron chi connectivity index (χ0n) is 35.3. The van der Waals surface area contributed by atoms with Crippen LogP contribution in [0.3, 0.4) is 0 Å². The number of carboxylic acids is 1. The molecule has 20 heteroatoms. The molecule has 1 fully saturated rings. The molecule has 2 aromatic carbocycles. The highest BCUT2D eigenvalue weighted by atomic mass is 32.2. The van der Waals surface area contributed by atoms with Crippen LogP contribution in [0.25, 0.3) is 0 Å². The first kappa shape index (κ1) is 52.0. The average Bonchev–Trinajstić information content (AvgIpc) is 3.22. The average molecular weight is 917 g/mol. The number of hydrogen-bond acceptors (Lipinski definition) is 12. The first-order valence-electron chi connectivity index (χ1n) is 20.5. The van der Waals surface area contributed by atoms with E-state index in [4.69, 9.17) is 30.6 Å². The Bertz CT molecular complexity index is 2140. The largest absolute Gasteiger partial charge is 0.489 e. The van der Waals surface area contributed by atoms with Crippen molar-refractivity contribution in [2.75, 3.05) is 32.7 Å². The molecule has 1 unspecified atom stereocenters. The number of carboxylic acid groups (broad SMARTS) is 1. The van der Waals surface area contributed by atoms with Gasteiger partial charge in [-0.15, -0.1) is 0 Å². The number of rotatable bonds is 17. The van der Waals surface area contributed by atoms with Gasteiger partial charge in [0.25, 0.3) is 0 Å². The van der Waals surface area contributed by atoms with Gasteiger partial charge < -0.3 is 30.7 Å². The summed E-state index contributed by atoms with van der Waals surface area (Å²) in [6, 6.07) is 9.57. The van der Waals surface area contributed by atoms with Gasteiger partial charge in [0.05, 0.1) is 42.4 Å². The van der Waals surface area contributed by atoms with Gasteiger partial charge >= 0.3 is 12.1 Å². The molecule has 1 atom stereocenters. The van der Waals surface area contributed by atoms with Crippen molar-refractivity contribution in [3.8, 4) is 0 Å². The number of primary sulfonamides is 1. The number of hydrogen-bond donors (Lipinski definition) is 6. The summed E-state index contributed by atoms with van der Waals surface area (Å²) in [6.45, 7) is 2.68. The normalized spacial score (nSPS) is 19.9. The molecule has 2 aliphatic carbocycles. The molecule has 1 heterocycles. The summed E-state index contributed by atoms with van der Waals surface area (Å²) in [5, 5.41) is 24.9. The number of carbonyl (C=O) groups is 3. The van der Waals surface area contributed by atoms with Gasteiger partial charge in [0.15, 0.2) is 0 Å². The Hall–Kier alpha value is -4.34. The van der Waals surface area contributed by atoms with Crippen LogP contribution in [0, 0.1) is 11.8 Å². The quantitative estimate of drug-likeness (QED) is 0.0797. The molecule has 62 heavy (non-hydrogen) atoms. The number of aliphatic carboxylic acids is 1. The van der Waals surface area contributed by atoms with Crippen molar-refractivity contribution in [3.63, 3.8) is 0 Å². The van der Waals surface area contributed by atoms with Crippen LogP contribution in [0.1, 0.15) is 102 Å². The molecule has 3 aliphatic rings. The molecule has 2 aromatic rings. The van der Waals surface area contributed by atoms with Gasteiger partial charge in [-0.05, 0) is 82.0 Å². The summed E-state index contributed by atoms with van der Waals surface area (Å²) >= 11 is 0. The molecule has 0 spiro atoms. The molecule has 5 rings (SSSR count). The predicted octanol–water partition coefficient (Wildman–Crippen LogP) is 5.92. The smallest absolute Gasteiger partial charge is 0.417 e. The van der Waals surface area contributed by atoms with Crippen LogP contribution >= 0.6 is 0 Å². The second-order valence-electron chi connectivity index (χ2n) is 15.3. The van der Waals surface area contributed by atoms with Crippen molar-refractivity contribution in [1.82, 2.24) is 4.72 Å². The Morgan fingerprint density at radius 1 is 0.887 bits per heavy atom. The summed E-state index contributed by atoms with van der Waals surface area (Å²) in [5.74, 6) is -0.620. The highest BCUT2D eigenvalue weighted by Gasteiger charge is 2.41. The molecule has 1 aliphatic heterocycles. The fourth-order valence-corrected chi connectivity index (χ4v) is 9.54. The molecule has 0 radical (unpaired) electrons. The Morgan fingerprint density at radius 3 is 1.94 bits per heavy atom. The number of anilines is 1. The molecule has 8 N–H and O–H groups in total. The van der Waals surface area contributed by atoms with Crippen molar-refractivity contribution >= 4 is 43.3 Å². The van der Waals surface area contributed by atoms with Crippen LogP contribution in [0.2, 0.25) is 0 Å². The van der Waals surface area contributed by atoms with E-state index in [-0.39, 0.29) is 47.7 Å². The number of aliphatic hydroxyl groups excluding tert-OH is 1. The number of methoxy groups -OCH3 is 2. The zero-order valence-corrected chi connectivity index (χ0v) is 36.9. The summed E-state index contributed by atoms with van der Waals surface area (Å²) in [4.78, 5) is 33.3. The molecule has 0 aromatic heterocycles. The van der Waals surface area contributed by atoms with E-state index in [2.05, 4.69) is 10.0 Å². The van der Waals surface area contributed by atoms with E-state index in [0.29, 0.717) is 42.2 Å². The topological polar surface area (TPSA) is 255 Å². The molecule has 0 amide bonds. The zero-order chi connectivity index (χ0) is 46.3. The Morgan fingerprint density at radius 2 is 1.44 bits per heavy atom. The molecule has 346 valence electrons. The molecule has 0 bridgehead atoms. The number of alkyl halides is 3. The number of halogens is 3. The molecule has 1 saturated carbocycles. The lowest BCUT2D eigenvalue weighted by atomic mass is 9.82. The Balaban J connectivity index is 0.000000268. The van der Waals surface area contributed by atoms with E-state index in [1.165, 1.54) is 33.5 Å². The number of fused-ring (bicyclic) bond motifs is 1. The van der Waals surface area contributed by atoms with Crippen LogP contribution < -0.4 is 20.9 Å². The number of Topliss-reactive ketones (excluding diaryl/α,β-unsaturated/α-hetero) is 2. The van der Waals surface area contributed by atoms with Crippen molar-refractivity contribution < 1.29 is 64.1 Å². The lowest BCUT2D eigenvalue weighted by Gasteiger charge is -2.29. The fourth-order valence-electron chi connectivity index (χ4n) is 7.38. The molecular formula is C42H59F3N4O11S2. The fraction of sp³-hybridized carbons (Fsp3) is 0.548. The molecule has 0 saturated heterocycles. The minimum atomic E-state index is -5.04. The second kappa shape index (κ2) is 23.9. The number of nitrogens with two attached hydrogens (primary N) is 2. The van der Waals surface area contributed by atoms with E-state index in [9.17, 15) is 44.4 Å². The predicted molar refractivity (Wildman–Crippen MR) is 225 cm³/mol. The highest BCUT2D eigenvalue weighted by Crippen LogP contribution is 2.40. The number of allylic oxidation sites excluding steroid dienone is 2. The third kappa shape index (κ3) is 14.9. The first-order chi connectivity index (χ1) is 29.2. The maximum Gasteiger partial charge on any atom is 0.417 e. The van der Waals surface area contributed by atoms with E-state index in [0.717, 1.165) is 63.4 Å². The first-order valence-corrected chi connectivity index (χ1v) is 23.5. The number of ketones is 2. The minimum absolute atomic E-state index is 0.00614. The number of benzene rings is 2. The van der Waals surface area contributed by atoms with Crippen molar-refractivity contribution in [2.24, 2.45) is 22.7 Å². The maximum atomic E-state index is 13.3. The highest BCUT2D eigenvalue weighted by molar-refractivity contribution is 7.90. The maximum absolute atomic E-state index is 13.3. The van der Waals surface area contributed by atoms with E-state index in [1.54, 1.807) is 37.3 Å². The second-order valence-corrected chi connectivity index (χ2v) is 18.5. The Kier molecular flexibility index (Phi) is 20.1. The van der Waals surface area contributed by atoms with E-state index >= 15 is 0 Å². The van der Waals surface area contributed by atoms with E-state index in [1.807, 2.05) is 0 Å². The van der Waals surface area contributed by atoms with Gasteiger partial charge in [0, 0.05) is 24.2 Å². The van der Waals surface area contributed by atoms with Gasteiger partial charge in [-0.3, -0.25) is 14.4 Å². The van der Waals surface area contributed by atoms with Crippen LogP contribution in [0.15, 0.2) is 74.9 Å². The van der Waals surface area contributed by atoms with Crippen molar-refractivity contribution in [3.05, 3.63) is 76.3 Å². The van der Waals surface area contributed by atoms with Gasteiger partial charge in [0.1, 0.15) is 4.90 Å². The third-order valence-electron chi connectivity index (χ3n) is 10.9. The number of carbonyl (C=O) groups excluding carboxylic acids is 2. The number of sulfonamides is 2. The van der Waals surface area contributed by atoms with E-state index < -0.39 is 53.7 Å². The van der Waals surface area contributed by atoms with Crippen LogP contribution in [-0.4, -0.2) is 78.1 Å². The Labute approximate surface area is 361 Å². The van der Waals surface area contributed by atoms with Gasteiger partial charge in [-0.1, -0.05) is 68.9 Å². The van der Waals surface area contributed by atoms with Gasteiger partial charge in [0.2, 0.25) is 43.1 Å². The lowest BCUT2D eigenvalue weighted by molar-refractivity contribution is -0.143. The van der Waals surface area contributed by atoms with Crippen molar-refractivity contribution in [2.45, 2.75) is 119 Å². The number of ether oxygens (including phenoxy) is 2. The molecular weight excluding hydrogens is 858 g/mol. The van der Waals surface area contributed by atoms with Gasteiger partial charge in [-0.25, -0.2) is 22.0 Å². The van der Waals surface area contributed by atoms with Crippen LogP contribution in [-0.2, 0) is 56.5 Å². The summed E-state index contributed by atoms with van der Waals surface area (Å²) in [7, 11) is -6.30. The molecule has 15 nitrogen and oxygen atoms in total.